The Kier molecular flexibility index (Phi) is 7.81. The van der Waals surface area contributed by atoms with Crippen molar-refractivity contribution in [2.75, 3.05) is 0 Å². The van der Waals surface area contributed by atoms with Crippen LogP contribution in [0.15, 0.2) is 60.1 Å². The van der Waals surface area contributed by atoms with Gasteiger partial charge in [-0.15, -0.1) is 0 Å². The molecule has 6 heteroatoms. The Morgan fingerprint density at radius 3 is 1.30 bits per heavy atom. The largest absolute Gasteiger partial charge is 0.431 e. The van der Waals surface area contributed by atoms with Gasteiger partial charge in [0, 0.05) is 17.3 Å². The van der Waals surface area contributed by atoms with E-state index in [0.717, 1.165) is 47.9 Å². The van der Waals surface area contributed by atoms with E-state index < -0.39 is 10.0 Å². The Balaban J connectivity index is 1.78. The van der Waals surface area contributed by atoms with E-state index in [0.29, 0.717) is 10.4 Å². The van der Waals surface area contributed by atoms with Gasteiger partial charge in [0.25, 0.3) is 10.4 Å². The molecular weight excluding hydrogens is 550 g/mol. The molecule has 0 radical (unpaired) electrons. The molecule has 4 aromatic rings. The van der Waals surface area contributed by atoms with Crippen molar-refractivity contribution in [2.24, 2.45) is 4.99 Å². The first kappa shape index (κ1) is 31.6. The molecule has 2 aromatic carbocycles. The van der Waals surface area contributed by atoms with E-state index in [1.165, 1.54) is 22.3 Å². The molecule has 5 nitrogen and oxygen atoms in total. The predicted molar refractivity (Wildman–Crippen MR) is 183 cm³/mol. The van der Waals surface area contributed by atoms with Crippen LogP contribution in [-0.4, -0.2) is 15.5 Å². The quantitative estimate of drug-likeness (QED) is 0.181. The molecule has 3 heterocycles. The van der Waals surface area contributed by atoms with E-state index >= 15 is 0 Å². The number of fused-ring (bicyclic) bond motifs is 2. The summed E-state index contributed by atoms with van der Waals surface area (Å²) in [7, 11) is -2.12. The fourth-order valence-corrected chi connectivity index (χ4v) is 7.57. The normalized spacial score (nSPS) is 16.6. The summed E-state index contributed by atoms with van der Waals surface area (Å²) in [6.07, 6.45) is 5.89. The monoisotopic (exact) mass is 601 g/mol. The zero-order valence-corrected chi connectivity index (χ0v) is 29.3. The topological polar surface area (TPSA) is 64.4 Å². The van der Waals surface area contributed by atoms with Crippen LogP contribution in [0.1, 0.15) is 131 Å². The molecule has 0 amide bonds. The summed E-state index contributed by atoms with van der Waals surface area (Å²) in [5, 5.41) is 3.33. The van der Waals surface area contributed by atoms with Crippen LogP contribution in [0.2, 0.25) is 0 Å². The van der Waals surface area contributed by atoms with Gasteiger partial charge in [0.2, 0.25) is 0 Å². The molecule has 0 unspecified atom stereocenters. The van der Waals surface area contributed by atoms with Crippen molar-refractivity contribution in [1.82, 2.24) is 9.97 Å². The molecule has 1 aliphatic rings. The Bertz CT molecular complexity index is 1600. The van der Waals surface area contributed by atoms with Gasteiger partial charge >= 0.3 is 0 Å². The summed E-state index contributed by atoms with van der Waals surface area (Å²) in [6, 6.07) is 9.13. The van der Waals surface area contributed by atoms with Gasteiger partial charge in [-0.3, -0.25) is 4.99 Å². The third-order valence-electron chi connectivity index (χ3n) is 10.7. The molecule has 0 spiro atoms. The molecule has 0 fully saturated rings. The minimum Gasteiger partial charge on any atom is -0.431 e. The summed E-state index contributed by atoms with van der Waals surface area (Å²) >= 11 is 0. The number of oxazole rings is 2. The van der Waals surface area contributed by atoms with Crippen molar-refractivity contribution in [1.29, 1.82) is 0 Å². The SMILES string of the molecule is CCC(C)(C)c1cc(C(C)(C)CC)c2oc(S3(c4nc5cc(C(C)(C)CC)cc(C(C)(C)CC)c5o4)C=CN=C3)nc2c1. The van der Waals surface area contributed by atoms with Gasteiger partial charge in [-0.2, -0.15) is 0 Å². The molecular formula is C37H51N3O2S. The summed E-state index contributed by atoms with van der Waals surface area (Å²) < 4.78 is 13.6. The van der Waals surface area contributed by atoms with Crippen LogP contribution < -0.4 is 0 Å². The van der Waals surface area contributed by atoms with Crippen molar-refractivity contribution in [3.05, 3.63) is 58.1 Å². The number of hydrogen-bond acceptors (Lipinski definition) is 5. The minimum atomic E-state index is -2.12. The van der Waals surface area contributed by atoms with Crippen molar-refractivity contribution in [3.8, 4) is 0 Å². The maximum Gasteiger partial charge on any atom is 0.255 e. The number of hydrogen-bond donors (Lipinski definition) is 0. The van der Waals surface area contributed by atoms with E-state index in [4.69, 9.17) is 18.8 Å². The summed E-state index contributed by atoms with van der Waals surface area (Å²) in [5.41, 5.74) is 10.3. The van der Waals surface area contributed by atoms with Crippen LogP contribution in [0.4, 0.5) is 0 Å². The molecule has 0 aliphatic carbocycles. The molecule has 0 saturated carbocycles. The molecule has 0 N–H and O–H groups in total. The van der Waals surface area contributed by atoms with E-state index in [2.05, 4.69) is 118 Å². The number of aliphatic imine (C=N–C) groups is 1. The highest BCUT2D eigenvalue weighted by Crippen LogP contribution is 2.64. The smallest absolute Gasteiger partial charge is 0.255 e. The maximum atomic E-state index is 6.82. The summed E-state index contributed by atoms with van der Waals surface area (Å²) in [5.74, 6) is 0. The van der Waals surface area contributed by atoms with E-state index in [1.807, 2.05) is 11.7 Å². The highest BCUT2D eigenvalue weighted by atomic mass is 32.3. The van der Waals surface area contributed by atoms with Gasteiger partial charge < -0.3 is 8.83 Å². The standard InChI is InChI=1S/C37H51N3O2S/c1-13-34(5,6)24-19-26(36(9,10)15-3)30-28(21-24)39-32(41-30)43(18-17-38-23-43)33-40-29-22-25(35(7,8)14-2)20-27(31(29)42-33)37(11,12)16-4/h17-23H,13-16H2,1-12H3. The number of nitrogens with zero attached hydrogens (tertiary/aromatic N) is 3. The van der Waals surface area contributed by atoms with Crippen molar-refractivity contribution < 1.29 is 8.83 Å². The summed E-state index contributed by atoms with van der Waals surface area (Å²) in [4.78, 5) is 15.0. The van der Waals surface area contributed by atoms with Gasteiger partial charge in [0.1, 0.15) is 11.0 Å². The third-order valence-corrected chi connectivity index (χ3v) is 13.2. The van der Waals surface area contributed by atoms with Crippen LogP contribution in [-0.2, 0) is 21.7 Å². The second-order valence-corrected chi connectivity index (χ2v) is 17.5. The van der Waals surface area contributed by atoms with Crippen LogP contribution in [0.25, 0.3) is 22.2 Å². The lowest BCUT2D eigenvalue weighted by Gasteiger charge is -2.28. The first-order chi connectivity index (χ1) is 20.0. The predicted octanol–water partition coefficient (Wildman–Crippen LogP) is 11.5. The molecule has 232 valence electrons. The average molecular weight is 602 g/mol. The van der Waals surface area contributed by atoms with Crippen LogP contribution in [0.3, 0.4) is 0 Å². The highest BCUT2D eigenvalue weighted by Gasteiger charge is 2.40. The zero-order chi connectivity index (χ0) is 31.6. The molecule has 0 bridgehead atoms. The van der Waals surface area contributed by atoms with Crippen LogP contribution in [0, 0.1) is 0 Å². The average Bonchev–Trinajstić information content (AvgIpc) is 3.74. The van der Waals surface area contributed by atoms with Gasteiger partial charge in [-0.1, -0.05) is 95.2 Å². The minimum absolute atomic E-state index is 0.0257. The maximum absolute atomic E-state index is 6.82. The Labute approximate surface area is 260 Å². The Hall–Kier alpha value is -2.86. The van der Waals surface area contributed by atoms with Crippen molar-refractivity contribution >= 4 is 37.8 Å². The number of benzene rings is 2. The van der Waals surface area contributed by atoms with Crippen molar-refractivity contribution in [3.63, 3.8) is 0 Å². The molecule has 1 aliphatic heterocycles. The molecule has 0 saturated heterocycles. The van der Waals surface area contributed by atoms with E-state index in [1.54, 1.807) is 0 Å². The number of rotatable bonds is 10. The highest BCUT2D eigenvalue weighted by molar-refractivity contribution is 8.46. The van der Waals surface area contributed by atoms with Gasteiger partial charge in [0.05, 0.1) is 5.55 Å². The first-order valence-corrected chi connectivity index (χ1v) is 17.8. The van der Waals surface area contributed by atoms with Crippen LogP contribution in [0.5, 0.6) is 0 Å². The molecule has 5 rings (SSSR count). The van der Waals surface area contributed by atoms with Gasteiger partial charge in [0.15, 0.2) is 11.2 Å². The molecule has 0 atom stereocenters. The fourth-order valence-electron chi connectivity index (χ4n) is 5.47. The zero-order valence-electron chi connectivity index (χ0n) is 28.4. The fraction of sp³-hybridized carbons (Fsp3) is 0.541. The van der Waals surface area contributed by atoms with Gasteiger partial charge in [-0.05, 0) is 86.0 Å². The Morgan fingerprint density at radius 1 is 0.581 bits per heavy atom. The molecule has 43 heavy (non-hydrogen) atoms. The lowest BCUT2D eigenvalue weighted by Crippen LogP contribution is -2.20. The molecule has 2 aromatic heterocycles. The lowest BCUT2D eigenvalue weighted by molar-refractivity contribution is 0.441. The second kappa shape index (κ2) is 10.6. The van der Waals surface area contributed by atoms with Crippen molar-refractivity contribution in [2.45, 2.75) is 141 Å². The lowest BCUT2D eigenvalue weighted by atomic mass is 9.76. The van der Waals surface area contributed by atoms with Crippen LogP contribution >= 0.6 is 10.0 Å². The van der Waals surface area contributed by atoms with Gasteiger partial charge in [-0.25, -0.2) is 9.97 Å². The second-order valence-electron chi connectivity index (χ2n) is 14.9. The van der Waals surface area contributed by atoms with E-state index in [-0.39, 0.29) is 21.7 Å². The number of aromatic nitrogens is 2. The Morgan fingerprint density at radius 2 is 0.977 bits per heavy atom. The van der Waals surface area contributed by atoms with E-state index in [9.17, 15) is 0 Å². The third kappa shape index (κ3) is 5.18. The first-order valence-electron chi connectivity index (χ1n) is 16.0. The summed E-state index contributed by atoms with van der Waals surface area (Å²) in [6.45, 7) is 27.4.